The number of halogens is 4. The van der Waals surface area contributed by atoms with Crippen LogP contribution >= 0.6 is 15.9 Å². The molecule has 2 heterocycles. The Morgan fingerprint density at radius 1 is 1.07 bits per heavy atom. The van der Waals surface area contributed by atoms with Gasteiger partial charge in [0.1, 0.15) is 16.2 Å². The van der Waals surface area contributed by atoms with Crippen LogP contribution in [-0.4, -0.2) is 15.0 Å². The van der Waals surface area contributed by atoms with Gasteiger partial charge in [0.2, 0.25) is 0 Å². The maximum Gasteiger partial charge on any atom is 0.416 e. The zero-order valence-electron chi connectivity index (χ0n) is 15.2. The van der Waals surface area contributed by atoms with E-state index >= 15 is 0 Å². The van der Waals surface area contributed by atoms with Crippen LogP contribution in [0.5, 0.6) is 0 Å². The molecule has 0 spiro atoms. The number of anilines is 1. The van der Waals surface area contributed by atoms with Crippen molar-refractivity contribution in [3.05, 3.63) is 57.1 Å². The number of rotatable bonds is 3. The lowest BCUT2D eigenvalue weighted by atomic mass is 9.97. The van der Waals surface area contributed by atoms with E-state index in [1.807, 2.05) is 13.8 Å². The third-order valence-electron chi connectivity index (χ3n) is 4.44. The number of hydrogen-bond acceptors (Lipinski definition) is 4. The number of benzene rings is 1. The minimum atomic E-state index is -4.38. The Labute approximate surface area is 163 Å². The lowest BCUT2D eigenvalue weighted by Crippen LogP contribution is -2.14. The second-order valence-electron chi connectivity index (χ2n) is 6.43. The average Bonchev–Trinajstić information content (AvgIpc) is 2.55. The molecule has 3 aromatic rings. The molecule has 0 aliphatic carbocycles. The third-order valence-corrected chi connectivity index (χ3v) is 4.85. The summed E-state index contributed by atoms with van der Waals surface area (Å²) in [6.07, 6.45) is -4.38. The van der Waals surface area contributed by atoms with E-state index in [1.165, 1.54) is 13.0 Å². The van der Waals surface area contributed by atoms with Crippen LogP contribution in [0.2, 0.25) is 0 Å². The molecule has 0 bridgehead atoms. The molecule has 0 amide bonds. The van der Waals surface area contributed by atoms with Gasteiger partial charge in [-0.3, -0.25) is 0 Å². The lowest BCUT2D eigenvalue weighted by molar-refractivity contribution is -0.138. The standard InChI is InChI=1S/C19H18BrF3N4/c1-9-13(6-5-7-15(9)19(21,22)23)10(2)25-18-14-8-16(20)24-11(3)17(14)26-12(4)27-18/h5-8,10H,1-4H3,(H,25,26,27)/t10-/m1/s1. The highest BCUT2D eigenvalue weighted by atomic mass is 79.9. The van der Waals surface area contributed by atoms with Crippen LogP contribution in [0.4, 0.5) is 19.0 Å². The number of alkyl halides is 3. The van der Waals surface area contributed by atoms with Gasteiger partial charge in [0.15, 0.2) is 0 Å². The van der Waals surface area contributed by atoms with Crippen LogP contribution in [-0.2, 0) is 6.18 Å². The summed E-state index contributed by atoms with van der Waals surface area (Å²) in [6, 6.07) is 5.65. The summed E-state index contributed by atoms with van der Waals surface area (Å²) in [7, 11) is 0. The van der Waals surface area contributed by atoms with Crippen molar-refractivity contribution in [3.8, 4) is 0 Å². The summed E-state index contributed by atoms with van der Waals surface area (Å²) in [5.41, 5.74) is 1.61. The number of hydrogen-bond donors (Lipinski definition) is 1. The minimum Gasteiger partial charge on any atom is -0.363 e. The van der Waals surface area contributed by atoms with E-state index in [2.05, 4.69) is 36.2 Å². The predicted octanol–water partition coefficient (Wildman–Crippen LogP) is 5.90. The molecule has 142 valence electrons. The summed E-state index contributed by atoms with van der Waals surface area (Å²) in [5.74, 6) is 1.12. The Kier molecular flexibility index (Phi) is 5.12. The fourth-order valence-corrected chi connectivity index (χ4v) is 3.68. The average molecular weight is 439 g/mol. The largest absolute Gasteiger partial charge is 0.416 e. The van der Waals surface area contributed by atoms with E-state index in [4.69, 9.17) is 0 Å². The molecular formula is C19H18BrF3N4. The molecule has 8 heteroatoms. The van der Waals surface area contributed by atoms with Gasteiger partial charge in [-0.1, -0.05) is 12.1 Å². The summed E-state index contributed by atoms with van der Waals surface area (Å²) >= 11 is 3.37. The van der Waals surface area contributed by atoms with Gasteiger partial charge < -0.3 is 5.32 Å². The van der Waals surface area contributed by atoms with Crippen molar-refractivity contribution in [2.45, 2.75) is 39.9 Å². The minimum absolute atomic E-state index is 0.208. The second kappa shape index (κ2) is 7.07. The predicted molar refractivity (Wildman–Crippen MR) is 103 cm³/mol. The Hall–Kier alpha value is -2.22. The molecule has 0 radical (unpaired) electrons. The summed E-state index contributed by atoms with van der Waals surface area (Å²) < 4.78 is 40.3. The van der Waals surface area contributed by atoms with Crippen LogP contribution < -0.4 is 5.32 Å². The van der Waals surface area contributed by atoms with Crippen LogP contribution in [0.3, 0.4) is 0 Å². The highest BCUT2D eigenvalue weighted by molar-refractivity contribution is 9.10. The normalized spacial score (nSPS) is 13.0. The molecule has 0 aliphatic rings. The van der Waals surface area contributed by atoms with Crippen molar-refractivity contribution >= 4 is 32.7 Å². The molecular weight excluding hydrogens is 421 g/mol. The van der Waals surface area contributed by atoms with Crippen molar-refractivity contribution in [1.29, 1.82) is 0 Å². The van der Waals surface area contributed by atoms with Gasteiger partial charge in [-0.15, -0.1) is 0 Å². The van der Waals surface area contributed by atoms with E-state index in [-0.39, 0.29) is 11.6 Å². The molecule has 1 N–H and O–H groups in total. The van der Waals surface area contributed by atoms with Gasteiger partial charge in [0.25, 0.3) is 0 Å². The zero-order chi connectivity index (χ0) is 19.9. The smallest absolute Gasteiger partial charge is 0.363 e. The van der Waals surface area contributed by atoms with Crippen LogP contribution in [0.15, 0.2) is 28.9 Å². The quantitative estimate of drug-likeness (QED) is 0.516. The van der Waals surface area contributed by atoms with Gasteiger partial charge in [-0.2, -0.15) is 13.2 Å². The van der Waals surface area contributed by atoms with Gasteiger partial charge in [-0.25, -0.2) is 15.0 Å². The Morgan fingerprint density at radius 2 is 1.78 bits per heavy atom. The molecule has 0 fully saturated rings. The molecule has 1 aromatic carbocycles. The van der Waals surface area contributed by atoms with Crippen LogP contribution in [0, 0.1) is 20.8 Å². The molecule has 0 aliphatic heterocycles. The Morgan fingerprint density at radius 3 is 2.44 bits per heavy atom. The maximum absolute atomic E-state index is 13.2. The van der Waals surface area contributed by atoms with E-state index < -0.39 is 11.7 Å². The van der Waals surface area contributed by atoms with Crippen molar-refractivity contribution in [2.75, 3.05) is 5.32 Å². The van der Waals surface area contributed by atoms with Crippen molar-refractivity contribution in [3.63, 3.8) is 0 Å². The van der Waals surface area contributed by atoms with E-state index in [1.54, 1.807) is 19.1 Å². The fourth-order valence-electron chi connectivity index (χ4n) is 3.18. The first-order valence-electron chi connectivity index (χ1n) is 8.32. The first-order chi connectivity index (χ1) is 12.6. The van der Waals surface area contributed by atoms with Gasteiger partial charge in [0.05, 0.1) is 22.8 Å². The number of nitrogens with one attached hydrogen (secondary N) is 1. The van der Waals surface area contributed by atoms with E-state index in [0.717, 1.165) is 17.1 Å². The molecule has 0 saturated heterocycles. The monoisotopic (exact) mass is 438 g/mol. The molecule has 0 saturated carbocycles. The first kappa shape index (κ1) is 19.5. The number of fused-ring (bicyclic) bond motifs is 1. The molecule has 0 unspecified atom stereocenters. The summed E-state index contributed by atoms with van der Waals surface area (Å²) in [5, 5.41) is 4.01. The van der Waals surface area contributed by atoms with Crippen molar-refractivity contribution in [1.82, 2.24) is 15.0 Å². The van der Waals surface area contributed by atoms with Gasteiger partial charge in [0, 0.05) is 5.39 Å². The van der Waals surface area contributed by atoms with Crippen LogP contribution in [0.25, 0.3) is 10.9 Å². The first-order valence-corrected chi connectivity index (χ1v) is 9.12. The van der Waals surface area contributed by atoms with Gasteiger partial charge in [-0.05, 0) is 66.9 Å². The third kappa shape index (κ3) is 3.90. The fraction of sp³-hybridized carbons (Fsp3) is 0.316. The van der Waals surface area contributed by atoms with Crippen molar-refractivity contribution in [2.24, 2.45) is 0 Å². The van der Waals surface area contributed by atoms with E-state index in [9.17, 15) is 13.2 Å². The molecule has 1 atom stereocenters. The molecule has 4 nitrogen and oxygen atoms in total. The topological polar surface area (TPSA) is 50.7 Å². The lowest BCUT2D eigenvalue weighted by Gasteiger charge is -2.21. The summed E-state index contributed by atoms with van der Waals surface area (Å²) in [4.78, 5) is 13.2. The number of aromatic nitrogens is 3. The van der Waals surface area contributed by atoms with Crippen LogP contribution in [0.1, 0.15) is 41.2 Å². The Balaban J connectivity index is 2.06. The number of nitrogens with zero attached hydrogens (tertiary/aromatic N) is 3. The SMILES string of the molecule is Cc1nc(N[C@H](C)c2cccc(C(F)(F)F)c2C)c2cc(Br)nc(C)c2n1. The highest BCUT2D eigenvalue weighted by Crippen LogP contribution is 2.35. The van der Waals surface area contributed by atoms with Crippen molar-refractivity contribution < 1.29 is 13.2 Å². The Bertz CT molecular complexity index is 1020. The zero-order valence-corrected chi connectivity index (χ0v) is 16.8. The van der Waals surface area contributed by atoms with Gasteiger partial charge >= 0.3 is 6.18 Å². The summed E-state index contributed by atoms with van der Waals surface area (Å²) in [6.45, 7) is 6.93. The molecule has 2 aromatic heterocycles. The highest BCUT2D eigenvalue weighted by Gasteiger charge is 2.33. The molecule has 27 heavy (non-hydrogen) atoms. The molecule has 3 rings (SSSR count). The number of aryl methyl sites for hydroxylation is 2. The second-order valence-corrected chi connectivity index (χ2v) is 7.24. The van der Waals surface area contributed by atoms with E-state index in [0.29, 0.717) is 27.3 Å². The maximum atomic E-state index is 13.2. The number of pyridine rings is 1.